The normalized spacial score (nSPS) is 16.1. The summed E-state index contributed by atoms with van der Waals surface area (Å²) in [5, 5.41) is 2.85. The average Bonchev–Trinajstić information content (AvgIpc) is 3.16. The van der Waals surface area contributed by atoms with E-state index in [1.54, 1.807) is 23.9 Å². The van der Waals surface area contributed by atoms with E-state index in [0.29, 0.717) is 11.3 Å². The minimum absolute atomic E-state index is 0.0616. The number of hydrogen-bond acceptors (Lipinski definition) is 3. The highest BCUT2D eigenvalue weighted by Gasteiger charge is 2.34. The van der Waals surface area contributed by atoms with Crippen LogP contribution in [0.2, 0.25) is 0 Å². The summed E-state index contributed by atoms with van der Waals surface area (Å²) in [4.78, 5) is 26.8. The van der Waals surface area contributed by atoms with E-state index in [-0.39, 0.29) is 17.2 Å². The highest BCUT2D eigenvalue weighted by Crippen LogP contribution is 2.42. The Morgan fingerprint density at radius 2 is 1.79 bits per heavy atom. The van der Waals surface area contributed by atoms with Crippen molar-refractivity contribution < 1.29 is 9.59 Å². The monoisotopic (exact) mass is 402 g/mol. The fourth-order valence-electron chi connectivity index (χ4n) is 3.40. The first-order valence-electron chi connectivity index (χ1n) is 9.64. The molecule has 5 heteroatoms. The van der Waals surface area contributed by atoms with Gasteiger partial charge in [-0.2, -0.15) is 0 Å². The summed E-state index contributed by atoms with van der Waals surface area (Å²) in [6.07, 6.45) is 0.934. The lowest BCUT2D eigenvalue weighted by atomic mass is 10.1. The van der Waals surface area contributed by atoms with Crippen molar-refractivity contribution in [3.05, 3.63) is 95.6 Å². The van der Waals surface area contributed by atoms with Gasteiger partial charge in [-0.25, -0.2) is 0 Å². The number of nitrogens with zero attached hydrogens (tertiary/aromatic N) is 1. The second kappa shape index (κ2) is 8.53. The number of anilines is 2. The molecule has 2 amide bonds. The number of thioether (sulfide) groups is 1. The van der Waals surface area contributed by atoms with Crippen LogP contribution in [0.3, 0.4) is 0 Å². The van der Waals surface area contributed by atoms with Crippen LogP contribution in [0.15, 0.2) is 78.9 Å². The molecule has 4 rings (SSSR count). The summed E-state index contributed by atoms with van der Waals surface area (Å²) in [7, 11) is 0. The molecule has 1 N–H and O–H groups in total. The van der Waals surface area contributed by atoms with E-state index in [0.717, 1.165) is 23.4 Å². The maximum atomic E-state index is 12.6. The third-order valence-electron chi connectivity index (χ3n) is 4.95. The molecule has 3 aromatic rings. The van der Waals surface area contributed by atoms with Crippen LogP contribution in [0.1, 0.15) is 33.8 Å². The summed E-state index contributed by atoms with van der Waals surface area (Å²) < 4.78 is 0. The molecular formula is C24H22N2O2S. The number of carbonyl (C=O) groups excluding carboxylic acids is 2. The predicted molar refractivity (Wildman–Crippen MR) is 119 cm³/mol. The number of rotatable bonds is 5. The lowest BCUT2D eigenvalue weighted by Crippen LogP contribution is -2.27. The lowest BCUT2D eigenvalue weighted by Gasteiger charge is -2.25. The molecule has 0 aromatic heterocycles. The van der Waals surface area contributed by atoms with Crippen molar-refractivity contribution in [2.24, 2.45) is 0 Å². The van der Waals surface area contributed by atoms with Gasteiger partial charge in [0.1, 0.15) is 5.37 Å². The number of nitrogens with one attached hydrogen (secondary N) is 1. The fourth-order valence-corrected chi connectivity index (χ4v) is 4.58. The van der Waals surface area contributed by atoms with Gasteiger partial charge < -0.3 is 5.32 Å². The first-order valence-corrected chi connectivity index (χ1v) is 10.7. The van der Waals surface area contributed by atoms with Gasteiger partial charge >= 0.3 is 0 Å². The van der Waals surface area contributed by atoms with Crippen LogP contribution in [-0.4, -0.2) is 17.6 Å². The molecule has 1 heterocycles. The minimum Gasteiger partial charge on any atom is -0.322 e. The highest BCUT2D eigenvalue weighted by atomic mass is 32.2. The molecule has 1 saturated heterocycles. The maximum Gasteiger partial charge on any atom is 0.255 e. The summed E-state index contributed by atoms with van der Waals surface area (Å²) >= 11 is 1.63. The van der Waals surface area contributed by atoms with Crippen LogP contribution in [0.25, 0.3) is 0 Å². The van der Waals surface area contributed by atoms with Gasteiger partial charge in [0.25, 0.3) is 5.91 Å². The summed E-state index contributed by atoms with van der Waals surface area (Å²) in [6.45, 7) is 2.11. The molecule has 4 nitrogen and oxygen atoms in total. The van der Waals surface area contributed by atoms with E-state index in [2.05, 4.69) is 24.4 Å². The number of hydrogen-bond donors (Lipinski definition) is 1. The van der Waals surface area contributed by atoms with Gasteiger partial charge in [-0.3, -0.25) is 14.5 Å². The molecule has 0 unspecified atom stereocenters. The Morgan fingerprint density at radius 3 is 2.52 bits per heavy atom. The van der Waals surface area contributed by atoms with Crippen molar-refractivity contribution in [3.8, 4) is 0 Å². The molecule has 1 fully saturated rings. The third kappa shape index (κ3) is 4.20. The quantitative estimate of drug-likeness (QED) is 0.632. The van der Waals surface area contributed by atoms with Crippen LogP contribution < -0.4 is 10.2 Å². The van der Waals surface area contributed by atoms with Crippen LogP contribution >= 0.6 is 11.8 Å². The van der Waals surface area contributed by atoms with E-state index in [9.17, 15) is 9.59 Å². The molecule has 3 aromatic carbocycles. The van der Waals surface area contributed by atoms with Crippen LogP contribution in [-0.2, 0) is 11.2 Å². The molecular weight excluding hydrogens is 380 g/mol. The van der Waals surface area contributed by atoms with E-state index < -0.39 is 0 Å². The Balaban J connectivity index is 1.53. The number of benzene rings is 3. The Labute approximate surface area is 174 Å². The third-order valence-corrected chi connectivity index (χ3v) is 6.17. The van der Waals surface area contributed by atoms with Gasteiger partial charge in [0, 0.05) is 16.9 Å². The lowest BCUT2D eigenvalue weighted by molar-refractivity contribution is -0.115. The second-order valence-corrected chi connectivity index (χ2v) is 7.96. The van der Waals surface area contributed by atoms with Gasteiger partial charge in [-0.15, -0.1) is 11.8 Å². The molecule has 0 bridgehead atoms. The summed E-state index contributed by atoms with van der Waals surface area (Å²) in [6, 6.07) is 25.0. The molecule has 0 saturated carbocycles. The van der Waals surface area contributed by atoms with Crippen LogP contribution in [0.5, 0.6) is 0 Å². The van der Waals surface area contributed by atoms with Crippen molar-refractivity contribution in [2.45, 2.75) is 18.7 Å². The molecule has 1 aliphatic heterocycles. The number of amides is 2. The van der Waals surface area contributed by atoms with E-state index in [1.807, 2.05) is 59.5 Å². The smallest absolute Gasteiger partial charge is 0.255 e. The van der Waals surface area contributed by atoms with Gasteiger partial charge in [0.15, 0.2) is 0 Å². The second-order valence-electron chi connectivity index (χ2n) is 6.89. The molecule has 0 aliphatic carbocycles. The van der Waals surface area contributed by atoms with Crippen LogP contribution in [0.4, 0.5) is 11.4 Å². The Morgan fingerprint density at radius 1 is 1.03 bits per heavy atom. The Hall–Kier alpha value is -3.05. The largest absolute Gasteiger partial charge is 0.322 e. The highest BCUT2D eigenvalue weighted by molar-refractivity contribution is 8.00. The van der Waals surface area contributed by atoms with Crippen molar-refractivity contribution >= 4 is 35.0 Å². The molecule has 1 aliphatic rings. The predicted octanol–water partition coefficient (Wildman–Crippen LogP) is 5.28. The molecule has 146 valence electrons. The first-order chi connectivity index (χ1) is 14.2. The van der Waals surface area contributed by atoms with Crippen molar-refractivity contribution in [1.29, 1.82) is 0 Å². The molecule has 1 atom stereocenters. The minimum atomic E-state index is -0.137. The van der Waals surface area contributed by atoms with Gasteiger partial charge in [-0.1, -0.05) is 49.4 Å². The Bertz CT molecular complexity index is 1020. The zero-order valence-corrected chi connectivity index (χ0v) is 17.0. The molecule has 0 spiro atoms. The topological polar surface area (TPSA) is 49.4 Å². The molecule has 29 heavy (non-hydrogen) atoms. The van der Waals surface area contributed by atoms with Gasteiger partial charge in [-0.05, 0) is 53.9 Å². The molecule has 0 radical (unpaired) electrons. The van der Waals surface area contributed by atoms with Crippen molar-refractivity contribution in [1.82, 2.24) is 0 Å². The summed E-state index contributed by atoms with van der Waals surface area (Å²) in [5.74, 6) is 0.449. The van der Waals surface area contributed by atoms with Crippen molar-refractivity contribution in [2.75, 3.05) is 16.0 Å². The first kappa shape index (κ1) is 19.3. The van der Waals surface area contributed by atoms with Crippen LogP contribution in [0, 0.1) is 0 Å². The Kier molecular flexibility index (Phi) is 5.67. The van der Waals surface area contributed by atoms with E-state index in [4.69, 9.17) is 0 Å². The standard InChI is InChI=1S/C24H22N2O2S/c1-2-17-7-6-10-21(15-17)26-22(27)16-29-24(26)19-11-13-20(14-12-19)25-23(28)18-8-4-3-5-9-18/h3-15,24H,2,16H2,1H3,(H,25,28)/t24-/m0/s1. The number of aryl methyl sites for hydroxylation is 1. The summed E-state index contributed by atoms with van der Waals surface area (Å²) in [5.41, 5.74) is 4.54. The van der Waals surface area contributed by atoms with E-state index >= 15 is 0 Å². The fraction of sp³-hybridized carbons (Fsp3) is 0.167. The van der Waals surface area contributed by atoms with Gasteiger partial charge in [0.05, 0.1) is 5.75 Å². The number of carbonyl (C=O) groups is 2. The SMILES string of the molecule is CCc1cccc(N2C(=O)CS[C@H]2c2ccc(NC(=O)c3ccccc3)cc2)c1. The zero-order chi connectivity index (χ0) is 20.2. The van der Waals surface area contributed by atoms with Crippen molar-refractivity contribution in [3.63, 3.8) is 0 Å². The van der Waals surface area contributed by atoms with E-state index in [1.165, 1.54) is 5.56 Å². The van der Waals surface area contributed by atoms with Gasteiger partial charge in [0.2, 0.25) is 5.91 Å². The maximum absolute atomic E-state index is 12.6. The average molecular weight is 403 g/mol. The zero-order valence-electron chi connectivity index (χ0n) is 16.2.